The molecule has 5 rings (SSSR count). The molecule has 29 heavy (non-hydrogen) atoms. The van der Waals surface area contributed by atoms with Gasteiger partial charge in [-0.25, -0.2) is 0 Å². The highest BCUT2D eigenvalue weighted by Gasteiger charge is 2.25. The molecule has 0 amide bonds. The molecule has 0 saturated heterocycles. The first-order valence-corrected chi connectivity index (χ1v) is 11.2. The molecule has 3 aromatic carbocycles. The average Bonchev–Trinajstić information content (AvgIpc) is 2.77. The van der Waals surface area contributed by atoms with Crippen molar-refractivity contribution in [2.24, 2.45) is 0 Å². The number of fused-ring (bicyclic) bond motifs is 2. The van der Waals surface area contributed by atoms with E-state index < -0.39 is 0 Å². The minimum atomic E-state index is -0.386. The topological polar surface area (TPSA) is 36.9 Å². The lowest BCUT2D eigenvalue weighted by atomic mass is 10.1. The van der Waals surface area contributed by atoms with Gasteiger partial charge in [-0.1, -0.05) is 46.3 Å². The zero-order chi connectivity index (χ0) is 19.6. The molecule has 0 bridgehead atoms. The van der Waals surface area contributed by atoms with Gasteiger partial charge in [0.05, 0.1) is 6.61 Å². The predicted molar refractivity (Wildman–Crippen MR) is 116 cm³/mol. The van der Waals surface area contributed by atoms with Crippen LogP contribution in [-0.2, 0) is 17.1 Å². The van der Waals surface area contributed by atoms with Crippen molar-refractivity contribution < 1.29 is 18.9 Å². The summed E-state index contributed by atoms with van der Waals surface area (Å²) >= 11 is 5.37. The van der Waals surface area contributed by atoms with Gasteiger partial charge >= 0.3 is 0 Å². The molecule has 0 spiro atoms. The second-order valence-corrected chi connectivity index (χ2v) is 8.78. The first-order valence-electron chi connectivity index (χ1n) is 9.43. The van der Waals surface area contributed by atoms with E-state index in [1.54, 1.807) is 11.8 Å². The molecule has 6 heteroatoms. The third kappa shape index (κ3) is 4.10. The van der Waals surface area contributed by atoms with Crippen LogP contribution in [0.5, 0.6) is 17.2 Å². The van der Waals surface area contributed by atoms with Gasteiger partial charge in [-0.3, -0.25) is 0 Å². The highest BCUT2D eigenvalue weighted by molar-refractivity contribution is 9.10. The lowest BCUT2D eigenvalue weighted by Crippen LogP contribution is -2.19. The van der Waals surface area contributed by atoms with Crippen LogP contribution in [0.3, 0.4) is 0 Å². The van der Waals surface area contributed by atoms with Crippen LogP contribution in [-0.4, -0.2) is 13.2 Å². The smallest absolute Gasteiger partial charge is 0.227 e. The third-order valence-corrected chi connectivity index (χ3v) is 6.30. The zero-order valence-electron chi connectivity index (χ0n) is 15.6. The highest BCUT2D eigenvalue weighted by Crippen LogP contribution is 2.41. The predicted octanol–water partition coefficient (Wildman–Crippen LogP) is 6.12. The maximum absolute atomic E-state index is 6.28. The Kier molecular flexibility index (Phi) is 5.40. The normalized spacial score (nSPS) is 17.3. The largest absolute Gasteiger partial charge is 0.486 e. The minimum Gasteiger partial charge on any atom is -0.486 e. The van der Waals surface area contributed by atoms with Crippen molar-refractivity contribution in [3.05, 3.63) is 81.8 Å². The van der Waals surface area contributed by atoms with Crippen molar-refractivity contribution in [1.82, 2.24) is 0 Å². The summed E-state index contributed by atoms with van der Waals surface area (Å²) in [4.78, 5) is 1.13. The Bertz CT molecular complexity index is 1020. The number of ether oxygens (including phenoxy) is 4. The second-order valence-electron chi connectivity index (χ2n) is 6.82. The van der Waals surface area contributed by atoms with Gasteiger partial charge in [0.1, 0.15) is 19.0 Å². The molecule has 2 aliphatic rings. The maximum Gasteiger partial charge on any atom is 0.227 e. The van der Waals surface area contributed by atoms with Gasteiger partial charge in [0, 0.05) is 31.8 Å². The van der Waals surface area contributed by atoms with Crippen LogP contribution in [0.25, 0.3) is 0 Å². The number of rotatable bonds is 4. The SMILES string of the molecule is Brc1cc2c(c(CSc3ccc4c(c3)OCCO4)c1)O[C@@H](c1ccccc1)OC2. The summed E-state index contributed by atoms with van der Waals surface area (Å²) in [5.74, 6) is 3.32. The molecule has 0 N–H and O–H groups in total. The second kappa shape index (κ2) is 8.30. The maximum atomic E-state index is 6.28. The lowest BCUT2D eigenvalue weighted by Gasteiger charge is -2.28. The molecule has 3 aromatic rings. The zero-order valence-corrected chi connectivity index (χ0v) is 18.0. The number of hydrogen-bond acceptors (Lipinski definition) is 5. The Morgan fingerprint density at radius 3 is 2.62 bits per heavy atom. The van der Waals surface area contributed by atoms with Crippen LogP contribution >= 0.6 is 27.7 Å². The molecular weight excluding hydrogens is 452 g/mol. The molecule has 148 valence electrons. The monoisotopic (exact) mass is 470 g/mol. The number of thioether (sulfide) groups is 1. The van der Waals surface area contributed by atoms with Gasteiger partial charge in [-0.2, -0.15) is 0 Å². The van der Waals surface area contributed by atoms with Crippen molar-refractivity contribution in [2.75, 3.05) is 13.2 Å². The van der Waals surface area contributed by atoms with E-state index in [2.05, 4.69) is 34.1 Å². The van der Waals surface area contributed by atoms with Crippen molar-refractivity contribution in [3.8, 4) is 17.2 Å². The fraction of sp³-hybridized carbons (Fsp3) is 0.217. The quantitative estimate of drug-likeness (QED) is 0.429. The van der Waals surface area contributed by atoms with Gasteiger partial charge in [-0.05, 0) is 30.3 Å². The van der Waals surface area contributed by atoms with Crippen LogP contribution in [0.15, 0.2) is 70.0 Å². The Balaban J connectivity index is 1.37. The number of hydrogen-bond donors (Lipinski definition) is 0. The Morgan fingerprint density at radius 2 is 1.76 bits per heavy atom. The molecule has 0 fully saturated rings. The molecular formula is C23H19BrO4S. The van der Waals surface area contributed by atoms with E-state index in [0.717, 1.165) is 49.1 Å². The first kappa shape index (κ1) is 18.9. The summed E-state index contributed by atoms with van der Waals surface area (Å²) in [7, 11) is 0. The van der Waals surface area contributed by atoms with E-state index in [-0.39, 0.29) is 6.29 Å². The Morgan fingerprint density at radius 1 is 0.931 bits per heavy atom. The first-order chi connectivity index (χ1) is 14.3. The van der Waals surface area contributed by atoms with Crippen LogP contribution < -0.4 is 14.2 Å². The van der Waals surface area contributed by atoms with Crippen molar-refractivity contribution in [2.45, 2.75) is 23.5 Å². The molecule has 2 heterocycles. The molecule has 0 radical (unpaired) electrons. The van der Waals surface area contributed by atoms with Crippen LogP contribution in [0.1, 0.15) is 23.0 Å². The summed E-state index contributed by atoms with van der Waals surface area (Å²) in [6.07, 6.45) is -0.386. The van der Waals surface area contributed by atoms with Gasteiger partial charge in [-0.15, -0.1) is 11.8 Å². The number of benzene rings is 3. The summed E-state index contributed by atoms with van der Waals surface area (Å²) in [5, 5.41) is 0. The van der Waals surface area contributed by atoms with Crippen molar-refractivity contribution in [3.63, 3.8) is 0 Å². The summed E-state index contributed by atoms with van der Waals surface area (Å²) in [5.41, 5.74) is 3.22. The van der Waals surface area contributed by atoms with Crippen LogP contribution in [0.2, 0.25) is 0 Å². The van der Waals surface area contributed by atoms with Crippen LogP contribution in [0, 0.1) is 0 Å². The molecule has 4 nitrogen and oxygen atoms in total. The van der Waals surface area contributed by atoms with E-state index in [1.165, 1.54) is 0 Å². The number of halogens is 1. The summed E-state index contributed by atoms with van der Waals surface area (Å²) in [6, 6.07) is 20.3. The summed E-state index contributed by atoms with van der Waals surface area (Å²) in [6.45, 7) is 1.72. The fourth-order valence-electron chi connectivity index (χ4n) is 3.43. The lowest BCUT2D eigenvalue weighted by molar-refractivity contribution is -0.111. The third-order valence-electron chi connectivity index (χ3n) is 4.80. The van der Waals surface area contributed by atoms with Crippen molar-refractivity contribution >= 4 is 27.7 Å². The summed E-state index contributed by atoms with van der Waals surface area (Å²) < 4.78 is 24.6. The average molecular weight is 471 g/mol. The Hall–Kier alpha value is -2.15. The molecule has 0 unspecified atom stereocenters. The fourth-order valence-corrected chi connectivity index (χ4v) is 4.88. The van der Waals surface area contributed by atoms with E-state index in [4.69, 9.17) is 18.9 Å². The van der Waals surface area contributed by atoms with E-state index in [0.29, 0.717) is 19.8 Å². The van der Waals surface area contributed by atoms with Crippen molar-refractivity contribution in [1.29, 1.82) is 0 Å². The van der Waals surface area contributed by atoms with Crippen LogP contribution in [0.4, 0.5) is 0 Å². The standard InChI is InChI=1S/C23H19BrO4S/c24-18-10-16-13-27-23(15-4-2-1-3-5-15)28-22(16)17(11-18)14-29-19-6-7-20-21(12-19)26-9-8-25-20/h1-7,10-12,23H,8-9,13-14H2/t23-/m0/s1. The van der Waals surface area contributed by atoms with E-state index in [9.17, 15) is 0 Å². The van der Waals surface area contributed by atoms with Gasteiger partial charge < -0.3 is 18.9 Å². The van der Waals surface area contributed by atoms with E-state index >= 15 is 0 Å². The molecule has 0 aromatic heterocycles. The van der Waals surface area contributed by atoms with E-state index in [1.807, 2.05) is 42.5 Å². The molecule has 0 saturated carbocycles. The molecule has 0 aliphatic carbocycles. The molecule has 2 aliphatic heterocycles. The minimum absolute atomic E-state index is 0.386. The van der Waals surface area contributed by atoms with Gasteiger partial charge in [0.25, 0.3) is 0 Å². The Labute approximate surface area is 182 Å². The molecule has 1 atom stereocenters. The van der Waals surface area contributed by atoms with Gasteiger partial charge in [0.2, 0.25) is 6.29 Å². The van der Waals surface area contributed by atoms with Gasteiger partial charge in [0.15, 0.2) is 11.5 Å². The highest BCUT2D eigenvalue weighted by atomic mass is 79.9.